The molecule has 1 aromatic heterocycles. The molecule has 1 nitrogen and oxygen atoms in total. The van der Waals surface area contributed by atoms with Crippen molar-refractivity contribution in [3.63, 3.8) is 0 Å². The summed E-state index contributed by atoms with van der Waals surface area (Å²) in [5.74, 6) is 0.976. The molecule has 1 aromatic carbocycles. The van der Waals surface area contributed by atoms with Gasteiger partial charge in [-0.05, 0) is 46.6 Å². The van der Waals surface area contributed by atoms with Gasteiger partial charge in [0.05, 0.1) is 0 Å². The molecular weight excluding hydrogens is 302 g/mol. The van der Waals surface area contributed by atoms with Gasteiger partial charge in [-0.2, -0.15) is 0 Å². The number of thioether (sulfide) groups is 1. The van der Waals surface area contributed by atoms with Gasteiger partial charge in [-0.15, -0.1) is 23.1 Å². The first kappa shape index (κ1) is 12.0. The normalized spacial score (nSPS) is 10.6. The molecule has 0 aliphatic rings. The largest absolute Gasteiger partial charge is 0.398 e. The van der Waals surface area contributed by atoms with Crippen LogP contribution in [0, 0.1) is 6.92 Å². The first-order valence-electron chi connectivity index (χ1n) is 4.87. The van der Waals surface area contributed by atoms with Crippen molar-refractivity contribution < 1.29 is 0 Å². The lowest BCUT2D eigenvalue weighted by Gasteiger charge is -2.05. The van der Waals surface area contributed by atoms with Gasteiger partial charge in [0.25, 0.3) is 0 Å². The Morgan fingerprint density at radius 2 is 2.19 bits per heavy atom. The SMILES string of the molecule is Cc1ccc(SCc2cc(Br)cs2)c(N)c1. The molecule has 1 heterocycles. The van der Waals surface area contributed by atoms with Crippen LogP contribution >= 0.6 is 39.0 Å². The minimum Gasteiger partial charge on any atom is -0.398 e. The average molecular weight is 314 g/mol. The fraction of sp³-hybridized carbons (Fsp3) is 0.167. The fourth-order valence-corrected chi connectivity index (χ4v) is 3.83. The Hall–Kier alpha value is -0.450. The molecule has 0 amide bonds. The summed E-state index contributed by atoms with van der Waals surface area (Å²) >= 11 is 7.01. The van der Waals surface area contributed by atoms with Crippen molar-refractivity contribution in [3.8, 4) is 0 Å². The highest BCUT2D eigenvalue weighted by atomic mass is 79.9. The van der Waals surface area contributed by atoms with E-state index in [4.69, 9.17) is 5.73 Å². The van der Waals surface area contributed by atoms with Gasteiger partial charge in [0, 0.05) is 31.1 Å². The number of anilines is 1. The maximum Gasteiger partial charge on any atom is 0.0454 e. The minimum absolute atomic E-state index is 0.876. The van der Waals surface area contributed by atoms with Gasteiger partial charge in [-0.1, -0.05) is 6.07 Å². The monoisotopic (exact) mass is 313 g/mol. The van der Waals surface area contributed by atoms with Gasteiger partial charge in [-0.25, -0.2) is 0 Å². The van der Waals surface area contributed by atoms with Crippen LogP contribution in [0.15, 0.2) is 39.0 Å². The van der Waals surface area contributed by atoms with E-state index in [9.17, 15) is 0 Å². The second-order valence-electron chi connectivity index (χ2n) is 3.56. The smallest absolute Gasteiger partial charge is 0.0454 e. The molecule has 0 spiro atoms. The van der Waals surface area contributed by atoms with E-state index < -0.39 is 0 Å². The van der Waals surface area contributed by atoms with Gasteiger partial charge in [0.15, 0.2) is 0 Å². The van der Waals surface area contributed by atoms with Crippen LogP contribution in [0.3, 0.4) is 0 Å². The highest BCUT2D eigenvalue weighted by Gasteiger charge is 2.02. The Balaban J connectivity index is 2.04. The van der Waals surface area contributed by atoms with E-state index in [1.165, 1.54) is 10.4 Å². The molecule has 84 valence electrons. The van der Waals surface area contributed by atoms with Crippen molar-refractivity contribution in [2.75, 3.05) is 5.73 Å². The molecule has 4 heteroatoms. The number of aryl methyl sites for hydroxylation is 1. The number of thiophene rings is 1. The first-order valence-corrected chi connectivity index (χ1v) is 7.53. The third-order valence-electron chi connectivity index (χ3n) is 2.16. The summed E-state index contributed by atoms with van der Waals surface area (Å²) in [5, 5.41) is 2.11. The molecule has 0 radical (unpaired) electrons. The number of nitrogen functional groups attached to an aromatic ring is 1. The van der Waals surface area contributed by atoms with Crippen molar-refractivity contribution in [3.05, 3.63) is 44.6 Å². The highest BCUT2D eigenvalue weighted by Crippen LogP contribution is 2.31. The highest BCUT2D eigenvalue weighted by molar-refractivity contribution is 9.10. The molecule has 0 atom stereocenters. The number of rotatable bonds is 3. The zero-order valence-electron chi connectivity index (χ0n) is 8.87. The number of hydrogen-bond acceptors (Lipinski definition) is 3. The molecule has 0 saturated heterocycles. The van der Waals surface area contributed by atoms with Crippen LogP contribution in [0.4, 0.5) is 5.69 Å². The molecule has 2 N–H and O–H groups in total. The molecular formula is C12H12BrNS2. The third kappa shape index (κ3) is 3.03. The van der Waals surface area contributed by atoms with Crippen LogP contribution < -0.4 is 5.73 Å². The summed E-state index contributed by atoms with van der Waals surface area (Å²) in [5.41, 5.74) is 8.05. The van der Waals surface area contributed by atoms with Gasteiger partial charge >= 0.3 is 0 Å². The summed E-state index contributed by atoms with van der Waals surface area (Å²) in [7, 11) is 0. The van der Waals surface area contributed by atoms with Gasteiger partial charge in [0.2, 0.25) is 0 Å². The Morgan fingerprint density at radius 3 is 2.81 bits per heavy atom. The van der Waals surface area contributed by atoms with E-state index in [1.807, 2.05) is 6.07 Å². The number of halogens is 1. The number of benzene rings is 1. The van der Waals surface area contributed by atoms with E-state index in [1.54, 1.807) is 23.1 Å². The Bertz CT molecular complexity index is 494. The minimum atomic E-state index is 0.876. The predicted molar refractivity (Wildman–Crippen MR) is 77.2 cm³/mol. The van der Waals surface area contributed by atoms with Gasteiger partial charge < -0.3 is 5.73 Å². The van der Waals surface area contributed by atoms with Crippen LogP contribution in [0.1, 0.15) is 10.4 Å². The quantitative estimate of drug-likeness (QED) is 0.657. The summed E-state index contributed by atoms with van der Waals surface area (Å²) in [6.07, 6.45) is 0. The van der Waals surface area contributed by atoms with Gasteiger partial charge in [-0.3, -0.25) is 0 Å². The van der Waals surface area contributed by atoms with Crippen LogP contribution in [-0.2, 0) is 5.75 Å². The average Bonchev–Trinajstić information content (AvgIpc) is 2.63. The summed E-state index contributed by atoms with van der Waals surface area (Å²) in [4.78, 5) is 2.52. The predicted octanol–water partition coefficient (Wildman–Crippen LogP) is 4.69. The summed E-state index contributed by atoms with van der Waals surface area (Å²) < 4.78 is 1.16. The fourth-order valence-electron chi connectivity index (χ4n) is 1.38. The Kier molecular flexibility index (Phi) is 3.95. The second-order valence-corrected chi connectivity index (χ2v) is 6.49. The van der Waals surface area contributed by atoms with Crippen molar-refractivity contribution in [2.45, 2.75) is 17.6 Å². The molecule has 0 bridgehead atoms. The molecule has 0 aliphatic heterocycles. The topological polar surface area (TPSA) is 26.0 Å². The summed E-state index contributed by atoms with van der Waals surface area (Å²) in [6.45, 7) is 2.06. The lowest BCUT2D eigenvalue weighted by Crippen LogP contribution is -1.89. The third-order valence-corrected chi connectivity index (χ3v) is 5.18. The van der Waals surface area contributed by atoms with Crippen molar-refractivity contribution in [2.24, 2.45) is 0 Å². The summed E-state index contributed by atoms with van der Waals surface area (Å²) in [6, 6.07) is 8.37. The van der Waals surface area contributed by atoms with E-state index in [0.29, 0.717) is 0 Å². The maximum absolute atomic E-state index is 5.96. The van der Waals surface area contributed by atoms with Crippen molar-refractivity contribution >= 4 is 44.7 Å². The van der Waals surface area contributed by atoms with Crippen LogP contribution in [-0.4, -0.2) is 0 Å². The molecule has 16 heavy (non-hydrogen) atoms. The van der Waals surface area contributed by atoms with E-state index in [0.717, 1.165) is 20.8 Å². The van der Waals surface area contributed by atoms with Crippen molar-refractivity contribution in [1.29, 1.82) is 0 Å². The van der Waals surface area contributed by atoms with E-state index in [-0.39, 0.29) is 0 Å². The Morgan fingerprint density at radius 1 is 1.38 bits per heavy atom. The van der Waals surface area contributed by atoms with E-state index >= 15 is 0 Å². The van der Waals surface area contributed by atoms with Gasteiger partial charge in [0.1, 0.15) is 0 Å². The molecule has 0 aliphatic carbocycles. The molecule has 2 aromatic rings. The molecule has 2 rings (SSSR count). The van der Waals surface area contributed by atoms with Crippen LogP contribution in [0.2, 0.25) is 0 Å². The standard InChI is InChI=1S/C12H12BrNS2/c1-8-2-3-12(11(14)4-8)16-7-10-5-9(13)6-15-10/h2-6H,7,14H2,1H3. The molecule has 0 fully saturated rings. The first-order chi connectivity index (χ1) is 7.65. The number of nitrogens with two attached hydrogens (primary N) is 1. The number of hydrogen-bond donors (Lipinski definition) is 1. The zero-order chi connectivity index (χ0) is 11.5. The molecule has 0 unspecified atom stereocenters. The Labute approximate surface area is 112 Å². The maximum atomic E-state index is 5.96. The lowest BCUT2D eigenvalue weighted by atomic mass is 10.2. The van der Waals surface area contributed by atoms with E-state index in [2.05, 4.69) is 46.4 Å². The second kappa shape index (κ2) is 5.25. The van der Waals surface area contributed by atoms with Crippen LogP contribution in [0.25, 0.3) is 0 Å². The molecule has 0 saturated carbocycles. The zero-order valence-corrected chi connectivity index (χ0v) is 12.1. The lowest BCUT2D eigenvalue weighted by molar-refractivity contribution is 1.37. The van der Waals surface area contributed by atoms with Crippen molar-refractivity contribution in [1.82, 2.24) is 0 Å². The van der Waals surface area contributed by atoms with Crippen LogP contribution in [0.5, 0.6) is 0 Å².